The van der Waals surface area contributed by atoms with Gasteiger partial charge in [0.25, 0.3) is 0 Å². The lowest BCUT2D eigenvalue weighted by Crippen LogP contribution is -2.18. The van der Waals surface area contributed by atoms with Crippen molar-refractivity contribution in [3.63, 3.8) is 0 Å². The van der Waals surface area contributed by atoms with Crippen LogP contribution in [-0.2, 0) is 26.8 Å². The summed E-state index contributed by atoms with van der Waals surface area (Å²) in [4.78, 5) is 16.5. The number of benzene rings is 2. The molecule has 0 N–H and O–H groups in total. The summed E-state index contributed by atoms with van der Waals surface area (Å²) in [6.45, 7) is 3.67. The molecule has 2 aromatic carbocycles. The summed E-state index contributed by atoms with van der Waals surface area (Å²) in [5, 5.41) is 0. The average molecular weight is 397 g/mol. The van der Waals surface area contributed by atoms with Crippen LogP contribution in [0.1, 0.15) is 29.0 Å². The maximum atomic E-state index is 12.5. The molecule has 0 aliphatic rings. The minimum atomic E-state index is -3.61. The molecular weight excluding hydrogens is 374 g/mol. The van der Waals surface area contributed by atoms with Gasteiger partial charge in [-0.3, -0.25) is 4.79 Å². The molecule has 3 aromatic rings. The van der Waals surface area contributed by atoms with Crippen LogP contribution in [0.2, 0.25) is 0 Å². The summed E-state index contributed by atoms with van der Waals surface area (Å²) in [6, 6.07) is 17.2. The molecule has 1 heterocycles. The smallest absolute Gasteiger partial charge is 0.226 e. The molecule has 0 bridgehead atoms. The van der Waals surface area contributed by atoms with Gasteiger partial charge in [0.15, 0.2) is 9.84 Å². The van der Waals surface area contributed by atoms with Crippen LogP contribution >= 0.6 is 0 Å². The molecule has 0 fully saturated rings. The Morgan fingerprint density at radius 2 is 1.68 bits per heavy atom. The number of nitrogens with zero attached hydrogens (tertiary/aromatic N) is 1. The first kappa shape index (κ1) is 20.0. The molecule has 6 heteroatoms. The van der Waals surface area contributed by atoms with E-state index in [-0.39, 0.29) is 18.0 Å². The molecule has 3 rings (SSSR count). The summed E-state index contributed by atoms with van der Waals surface area (Å²) < 4.78 is 30.6. The molecule has 0 aliphatic carbocycles. The standard InChI is InChI=1S/C22H23NO4S/c1-16-8-11-19(12-9-16)22-23-21(17(2)27-22)15-28(25,26)14-20(24)13-10-18-6-4-3-5-7-18/h3-9,11-12H,10,13-15H2,1-2H3. The van der Waals surface area contributed by atoms with Gasteiger partial charge in [0.05, 0.1) is 11.4 Å². The highest BCUT2D eigenvalue weighted by Crippen LogP contribution is 2.23. The number of rotatable bonds is 8. The van der Waals surface area contributed by atoms with Crippen molar-refractivity contribution in [2.75, 3.05) is 5.75 Å². The molecule has 0 atom stereocenters. The Hall–Kier alpha value is -2.73. The van der Waals surface area contributed by atoms with E-state index >= 15 is 0 Å². The van der Waals surface area contributed by atoms with Gasteiger partial charge in [-0.15, -0.1) is 0 Å². The zero-order chi connectivity index (χ0) is 20.1. The van der Waals surface area contributed by atoms with Gasteiger partial charge >= 0.3 is 0 Å². The van der Waals surface area contributed by atoms with Crippen molar-refractivity contribution >= 4 is 15.6 Å². The summed E-state index contributed by atoms with van der Waals surface area (Å²) in [5.41, 5.74) is 3.27. The van der Waals surface area contributed by atoms with Crippen LogP contribution in [0.3, 0.4) is 0 Å². The zero-order valence-corrected chi connectivity index (χ0v) is 16.8. The van der Waals surface area contributed by atoms with Crippen molar-refractivity contribution in [3.8, 4) is 11.5 Å². The first-order valence-electron chi connectivity index (χ1n) is 9.12. The zero-order valence-electron chi connectivity index (χ0n) is 16.0. The Bertz CT molecular complexity index is 1050. The van der Waals surface area contributed by atoms with E-state index < -0.39 is 15.6 Å². The van der Waals surface area contributed by atoms with E-state index in [1.165, 1.54) is 0 Å². The molecule has 0 amide bonds. The maximum absolute atomic E-state index is 12.5. The van der Waals surface area contributed by atoms with Crippen molar-refractivity contribution in [2.45, 2.75) is 32.4 Å². The van der Waals surface area contributed by atoms with Gasteiger partial charge in [-0.2, -0.15) is 0 Å². The summed E-state index contributed by atoms with van der Waals surface area (Å²) in [5.74, 6) is -0.227. The largest absolute Gasteiger partial charge is 0.441 e. The SMILES string of the molecule is Cc1ccc(-c2nc(CS(=O)(=O)CC(=O)CCc3ccccc3)c(C)o2)cc1. The lowest BCUT2D eigenvalue weighted by Gasteiger charge is -2.03. The van der Waals surface area contributed by atoms with Crippen molar-refractivity contribution in [1.82, 2.24) is 4.98 Å². The van der Waals surface area contributed by atoms with E-state index in [1.54, 1.807) is 6.92 Å². The van der Waals surface area contributed by atoms with Gasteiger partial charge in [-0.1, -0.05) is 48.0 Å². The minimum absolute atomic E-state index is 0.204. The molecule has 28 heavy (non-hydrogen) atoms. The number of oxazole rings is 1. The van der Waals surface area contributed by atoms with E-state index in [0.29, 0.717) is 23.8 Å². The quantitative estimate of drug-likeness (QED) is 0.572. The average Bonchev–Trinajstić information content (AvgIpc) is 3.01. The maximum Gasteiger partial charge on any atom is 0.226 e. The second-order valence-electron chi connectivity index (χ2n) is 6.94. The fraction of sp³-hybridized carbons (Fsp3) is 0.273. The van der Waals surface area contributed by atoms with Crippen molar-refractivity contribution in [3.05, 3.63) is 77.2 Å². The second-order valence-corrected chi connectivity index (χ2v) is 9.01. The Morgan fingerprint density at radius 1 is 1.00 bits per heavy atom. The Kier molecular flexibility index (Phi) is 6.09. The number of carbonyl (C=O) groups is 1. The van der Waals surface area contributed by atoms with Crippen LogP contribution in [0.5, 0.6) is 0 Å². The number of aryl methyl sites for hydroxylation is 3. The van der Waals surface area contributed by atoms with Gasteiger partial charge in [0.2, 0.25) is 5.89 Å². The van der Waals surface area contributed by atoms with Gasteiger partial charge in [-0.05, 0) is 38.0 Å². The van der Waals surface area contributed by atoms with Gasteiger partial charge in [-0.25, -0.2) is 13.4 Å². The predicted octanol–water partition coefficient (Wildman–Crippen LogP) is 4.08. The molecular formula is C22H23NO4S. The van der Waals surface area contributed by atoms with Crippen LogP contribution < -0.4 is 0 Å². The van der Waals surface area contributed by atoms with Crippen LogP contribution in [0.15, 0.2) is 59.0 Å². The van der Waals surface area contributed by atoms with Crippen molar-refractivity contribution in [1.29, 1.82) is 0 Å². The predicted molar refractivity (Wildman–Crippen MR) is 109 cm³/mol. The van der Waals surface area contributed by atoms with Crippen LogP contribution in [-0.4, -0.2) is 24.9 Å². The molecule has 0 spiro atoms. The molecule has 5 nitrogen and oxygen atoms in total. The van der Waals surface area contributed by atoms with Gasteiger partial charge < -0.3 is 4.42 Å². The molecule has 0 aliphatic heterocycles. The fourth-order valence-corrected chi connectivity index (χ4v) is 4.31. The normalized spacial score (nSPS) is 11.5. The number of Topliss-reactive ketones (excluding diaryl/α,β-unsaturated/α-hetero) is 1. The second kappa shape index (κ2) is 8.52. The topological polar surface area (TPSA) is 77.2 Å². The number of hydrogen-bond donors (Lipinski definition) is 0. The van der Waals surface area contributed by atoms with Crippen molar-refractivity contribution in [2.24, 2.45) is 0 Å². The van der Waals surface area contributed by atoms with E-state index in [2.05, 4.69) is 4.98 Å². The summed E-state index contributed by atoms with van der Waals surface area (Å²) >= 11 is 0. The van der Waals surface area contributed by atoms with Crippen LogP contribution in [0.25, 0.3) is 11.5 Å². The van der Waals surface area contributed by atoms with E-state index in [0.717, 1.165) is 16.7 Å². The molecule has 1 aromatic heterocycles. The third-order valence-electron chi connectivity index (χ3n) is 4.46. The Labute approximate surface area is 165 Å². The van der Waals surface area contributed by atoms with Crippen LogP contribution in [0, 0.1) is 13.8 Å². The van der Waals surface area contributed by atoms with Crippen molar-refractivity contribution < 1.29 is 17.6 Å². The third-order valence-corrected chi connectivity index (χ3v) is 5.94. The highest BCUT2D eigenvalue weighted by atomic mass is 32.2. The third kappa shape index (κ3) is 5.39. The Balaban J connectivity index is 1.63. The lowest BCUT2D eigenvalue weighted by molar-refractivity contribution is -0.116. The van der Waals surface area contributed by atoms with E-state index in [4.69, 9.17) is 4.42 Å². The first-order valence-corrected chi connectivity index (χ1v) is 10.9. The molecule has 0 radical (unpaired) electrons. The fourth-order valence-electron chi connectivity index (χ4n) is 2.89. The lowest BCUT2D eigenvalue weighted by atomic mass is 10.1. The van der Waals surface area contributed by atoms with E-state index in [9.17, 15) is 13.2 Å². The monoisotopic (exact) mass is 397 g/mol. The number of carbonyl (C=O) groups excluding carboxylic acids is 1. The van der Waals surface area contributed by atoms with Gasteiger partial charge in [0, 0.05) is 12.0 Å². The first-order chi connectivity index (χ1) is 13.3. The molecule has 0 saturated carbocycles. The number of aromatic nitrogens is 1. The Morgan fingerprint density at radius 3 is 2.36 bits per heavy atom. The summed E-state index contributed by atoms with van der Waals surface area (Å²) in [7, 11) is -3.61. The molecule has 146 valence electrons. The molecule has 0 saturated heterocycles. The highest BCUT2D eigenvalue weighted by Gasteiger charge is 2.22. The molecule has 0 unspecified atom stereocenters. The van der Waals surface area contributed by atoms with Crippen LogP contribution in [0.4, 0.5) is 0 Å². The number of ketones is 1. The minimum Gasteiger partial charge on any atom is -0.441 e. The van der Waals surface area contributed by atoms with Gasteiger partial charge in [0.1, 0.15) is 17.3 Å². The van der Waals surface area contributed by atoms with E-state index in [1.807, 2.05) is 61.5 Å². The highest BCUT2D eigenvalue weighted by molar-refractivity contribution is 7.91. The summed E-state index contributed by atoms with van der Waals surface area (Å²) in [6.07, 6.45) is 0.741. The number of hydrogen-bond acceptors (Lipinski definition) is 5. The number of sulfone groups is 1.